The minimum atomic E-state index is -0.517. The second-order valence-electron chi connectivity index (χ2n) is 5.66. The summed E-state index contributed by atoms with van der Waals surface area (Å²) < 4.78 is 27.7. The zero-order valence-corrected chi connectivity index (χ0v) is 13.1. The van der Waals surface area contributed by atoms with E-state index in [0.29, 0.717) is 11.1 Å². The Balaban J connectivity index is 2.63. The van der Waals surface area contributed by atoms with Gasteiger partial charge in [-0.05, 0) is 63.1 Å². The molecule has 1 N–H and O–H groups in total. The van der Waals surface area contributed by atoms with Crippen molar-refractivity contribution in [2.45, 2.75) is 33.7 Å². The summed E-state index contributed by atoms with van der Waals surface area (Å²) in [4.78, 5) is 0. The molecule has 0 aliphatic rings. The van der Waals surface area contributed by atoms with Crippen molar-refractivity contribution in [2.24, 2.45) is 0 Å². The van der Waals surface area contributed by atoms with Crippen molar-refractivity contribution in [1.82, 2.24) is 5.32 Å². The summed E-state index contributed by atoms with van der Waals surface area (Å²) in [7, 11) is 1.79. The molecule has 0 amide bonds. The van der Waals surface area contributed by atoms with Crippen molar-refractivity contribution in [3.63, 3.8) is 0 Å². The van der Waals surface area contributed by atoms with Gasteiger partial charge < -0.3 is 5.32 Å². The van der Waals surface area contributed by atoms with E-state index in [-0.39, 0.29) is 6.04 Å². The van der Waals surface area contributed by atoms with E-state index in [1.807, 2.05) is 20.8 Å². The van der Waals surface area contributed by atoms with E-state index in [0.717, 1.165) is 22.8 Å². The molecule has 1 unspecified atom stereocenters. The lowest BCUT2D eigenvalue weighted by Gasteiger charge is -2.23. The van der Waals surface area contributed by atoms with Gasteiger partial charge in [0.1, 0.15) is 11.6 Å². The van der Waals surface area contributed by atoms with E-state index in [4.69, 9.17) is 0 Å². The lowest BCUT2D eigenvalue weighted by molar-refractivity contribution is 0.546. The monoisotopic (exact) mass is 289 g/mol. The first-order valence-electron chi connectivity index (χ1n) is 7.05. The number of benzene rings is 2. The van der Waals surface area contributed by atoms with Crippen LogP contribution in [0.2, 0.25) is 0 Å². The topological polar surface area (TPSA) is 12.0 Å². The van der Waals surface area contributed by atoms with Gasteiger partial charge in [-0.3, -0.25) is 0 Å². The van der Waals surface area contributed by atoms with Crippen LogP contribution in [0, 0.1) is 39.3 Å². The molecule has 3 heteroatoms. The van der Waals surface area contributed by atoms with Gasteiger partial charge >= 0.3 is 0 Å². The molecule has 0 saturated carbocycles. The van der Waals surface area contributed by atoms with Crippen LogP contribution in [0.5, 0.6) is 0 Å². The molecule has 0 bridgehead atoms. The number of aryl methyl sites for hydroxylation is 4. The maximum atomic E-state index is 14.2. The van der Waals surface area contributed by atoms with Gasteiger partial charge in [-0.25, -0.2) is 8.78 Å². The van der Waals surface area contributed by atoms with Crippen LogP contribution in [0.1, 0.15) is 39.4 Å². The predicted molar refractivity (Wildman–Crippen MR) is 82.7 cm³/mol. The molecule has 1 atom stereocenters. The Morgan fingerprint density at radius 3 is 1.90 bits per heavy atom. The van der Waals surface area contributed by atoms with Crippen LogP contribution in [0.15, 0.2) is 24.3 Å². The van der Waals surface area contributed by atoms with E-state index in [9.17, 15) is 8.78 Å². The van der Waals surface area contributed by atoms with E-state index in [1.165, 1.54) is 5.56 Å². The highest BCUT2D eigenvalue weighted by atomic mass is 19.1. The van der Waals surface area contributed by atoms with E-state index < -0.39 is 11.6 Å². The lowest BCUT2D eigenvalue weighted by atomic mass is 9.89. The van der Waals surface area contributed by atoms with Crippen LogP contribution >= 0.6 is 0 Å². The van der Waals surface area contributed by atoms with Crippen LogP contribution < -0.4 is 5.32 Å². The van der Waals surface area contributed by atoms with Gasteiger partial charge in [-0.2, -0.15) is 0 Å². The summed E-state index contributed by atoms with van der Waals surface area (Å²) in [5, 5.41) is 3.16. The fraction of sp³-hybridized carbons (Fsp3) is 0.333. The largest absolute Gasteiger partial charge is 0.309 e. The molecule has 0 heterocycles. The minimum Gasteiger partial charge on any atom is -0.309 e. The third kappa shape index (κ3) is 2.98. The third-order valence-electron chi connectivity index (χ3n) is 3.90. The zero-order chi connectivity index (χ0) is 15.7. The molecular weight excluding hydrogens is 268 g/mol. The summed E-state index contributed by atoms with van der Waals surface area (Å²) >= 11 is 0. The number of nitrogens with one attached hydrogen (secondary N) is 1. The molecule has 0 saturated heterocycles. The molecule has 21 heavy (non-hydrogen) atoms. The van der Waals surface area contributed by atoms with Crippen molar-refractivity contribution in [3.05, 3.63) is 69.3 Å². The van der Waals surface area contributed by atoms with E-state index in [1.54, 1.807) is 20.0 Å². The highest BCUT2D eigenvalue weighted by Gasteiger charge is 2.21. The Bertz CT molecular complexity index is 654. The number of hydrogen-bond donors (Lipinski definition) is 1. The van der Waals surface area contributed by atoms with Crippen molar-refractivity contribution < 1.29 is 8.78 Å². The molecule has 1 nitrogen and oxygen atoms in total. The fourth-order valence-electron chi connectivity index (χ4n) is 3.00. The highest BCUT2D eigenvalue weighted by Crippen LogP contribution is 2.31. The molecule has 2 aromatic rings. The first-order chi connectivity index (χ1) is 9.85. The van der Waals surface area contributed by atoms with Crippen molar-refractivity contribution >= 4 is 0 Å². The summed E-state index contributed by atoms with van der Waals surface area (Å²) in [6, 6.07) is 6.44. The molecule has 0 radical (unpaired) electrons. The summed E-state index contributed by atoms with van der Waals surface area (Å²) in [5.41, 5.74) is 5.37. The van der Waals surface area contributed by atoms with Crippen molar-refractivity contribution in [1.29, 1.82) is 0 Å². The Kier molecular flexibility index (Phi) is 4.43. The van der Waals surface area contributed by atoms with Crippen molar-refractivity contribution in [3.8, 4) is 0 Å². The van der Waals surface area contributed by atoms with Crippen LogP contribution in [0.4, 0.5) is 8.78 Å². The molecular formula is C18H21F2N. The molecule has 2 rings (SSSR count). The summed E-state index contributed by atoms with van der Waals surface area (Å²) in [6.07, 6.45) is 0. The molecule has 0 spiro atoms. The Labute approximate surface area is 125 Å². The first-order valence-corrected chi connectivity index (χ1v) is 7.05. The van der Waals surface area contributed by atoms with Gasteiger partial charge in [-0.1, -0.05) is 17.7 Å². The molecule has 0 fully saturated rings. The number of hydrogen-bond acceptors (Lipinski definition) is 1. The SMILES string of the molecule is CNC(c1cc(C)c(F)cc1F)c1c(C)cc(C)cc1C. The smallest absolute Gasteiger partial charge is 0.131 e. The zero-order valence-electron chi connectivity index (χ0n) is 13.1. The van der Waals surface area contributed by atoms with Gasteiger partial charge in [0.25, 0.3) is 0 Å². The Morgan fingerprint density at radius 1 is 0.810 bits per heavy atom. The van der Waals surface area contributed by atoms with Gasteiger partial charge in [0, 0.05) is 11.6 Å². The first kappa shape index (κ1) is 15.6. The molecule has 0 aliphatic carbocycles. The van der Waals surface area contributed by atoms with Gasteiger partial charge in [-0.15, -0.1) is 0 Å². The molecule has 2 aromatic carbocycles. The summed E-state index contributed by atoms with van der Waals surface area (Å²) in [6.45, 7) is 7.74. The quantitative estimate of drug-likeness (QED) is 0.876. The number of halogens is 2. The average molecular weight is 289 g/mol. The maximum Gasteiger partial charge on any atom is 0.131 e. The van der Waals surface area contributed by atoms with Gasteiger partial charge in [0.2, 0.25) is 0 Å². The van der Waals surface area contributed by atoms with Crippen LogP contribution in [0.3, 0.4) is 0 Å². The Hall–Kier alpha value is -1.74. The lowest BCUT2D eigenvalue weighted by Crippen LogP contribution is -2.21. The third-order valence-corrected chi connectivity index (χ3v) is 3.90. The van der Waals surface area contributed by atoms with Crippen LogP contribution in [-0.4, -0.2) is 7.05 Å². The average Bonchev–Trinajstić information content (AvgIpc) is 2.38. The van der Waals surface area contributed by atoms with Gasteiger partial charge in [0.05, 0.1) is 6.04 Å². The standard InChI is InChI=1S/C18H21F2N/c1-10-6-12(3)17(13(4)7-10)18(21-5)14-8-11(2)15(19)9-16(14)20/h6-9,18,21H,1-5H3. The molecule has 112 valence electrons. The van der Waals surface area contributed by atoms with E-state index in [2.05, 4.69) is 17.4 Å². The number of rotatable bonds is 3. The van der Waals surface area contributed by atoms with Gasteiger partial charge in [0.15, 0.2) is 0 Å². The second kappa shape index (κ2) is 5.94. The van der Waals surface area contributed by atoms with Crippen LogP contribution in [0.25, 0.3) is 0 Å². The predicted octanol–water partition coefficient (Wildman–Crippen LogP) is 4.51. The highest BCUT2D eigenvalue weighted by molar-refractivity contribution is 5.45. The molecule has 0 aromatic heterocycles. The maximum absolute atomic E-state index is 14.2. The minimum absolute atomic E-state index is 0.287. The Morgan fingerprint density at radius 2 is 1.38 bits per heavy atom. The fourth-order valence-corrected chi connectivity index (χ4v) is 3.00. The van der Waals surface area contributed by atoms with Crippen LogP contribution in [-0.2, 0) is 0 Å². The second-order valence-corrected chi connectivity index (χ2v) is 5.66. The van der Waals surface area contributed by atoms with Crippen molar-refractivity contribution in [2.75, 3.05) is 7.05 Å². The summed E-state index contributed by atoms with van der Waals surface area (Å²) in [5.74, 6) is -1.03. The van der Waals surface area contributed by atoms with E-state index >= 15 is 0 Å². The normalized spacial score (nSPS) is 12.5. The molecule has 0 aliphatic heterocycles.